The predicted octanol–water partition coefficient (Wildman–Crippen LogP) is 14.4. The SMILES string of the molecule is c1ccc(-c2ccc(N(c3ccc(-c4cccc5ccccc45)cc3)c3ccc(-c4cccc5cc6c(cc45)oc4ccccc46)cc3)cc2)cc1. The minimum atomic E-state index is 0.912. The molecule has 2 heteroatoms. The summed E-state index contributed by atoms with van der Waals surface area (Å²) in [6, 6.07) is 71.7. The zero-order chi connectivity index (χ0) is 34.4. The minimum Gasteiger partial charge on any atom is -0.456 e. The molecule has 0 fully saturated rings. The molecule has 0 unspecified atom stereocenters. The van der Waals surface area contributed by atoms with E-state index in [2.05, 4.69) is 193 Å². The van der Waals surface area contributed by atoms with E-state index in [0.717, 1.165) is 44.6 Å². The summed E-state index contributed by atoms with van der Waals surface area (Å²) in [7, 11) is 0. The fourth-order valence-electron chi connectivity index (χ4n) is 7.69. The molecule has 0 atom stereocenters. The lowest BCUT2D eigenvalue weighted by atomic mass is 9.96. The molecular formula is C50H33NO. The van der Waals surface area contributed by atoms with Crippen LogP contribution in [0.1, 0.15) is 0 Å². The summed E-state index contributed by atoms with van der Waals surface area (Å²) in [6.07, 6.45) is 0. The zero-order valence-corrected chi connectivity index (χ0v) is 28.4. The molecule has 0 aliphatic rings. The van der Waals surface area contributed by atoms with Gasteiger partial charge >= 0.3 is 0 Å². The number of benzene rings is 9. The molecule has 0 N–H and O–H groups in total. The first-order chi connectivity index (χ1) is 25.8. The van der Waals surface area contributed by atoms with Crippen LogP contribution >= 0.6 is 0 Å². The largest absolute Gasteiger partial charge is 0.456 e. The van der Waals surface area contributed by atoms with Crippen LogP contribution in [0.4, 0.5) is 17.1 Å². The second kappa shape index (κ2) is 12.5. The molecule has 0 saturated heterocycles. The Morgan fingerprint density at radius 1 is 0.288 bits per heavy atom. The molecule has 244 valence electrons. The summed E-state index contributed by atoms with van der Waals surface area (Å²) in [5.41, 5.74) is 12.3. The number of anilines is 3. The van der Waals surface area contributed by atoms with Crippen molar-refractivity contribution in [2.45, 2.75) is 0 Å². The number of para-hydroxylation sites is 1. The number of furan rings is 1. The van der Waals surface area contributed by atoms with Gasteiger partial charge in [0.25, 0.3) is 0 Å². The highest BCUT2D eigenvalue weighted by atomic mass is 16.3. The van der Waals surface area contributed by atoms with Crippen molar-refractivity contribution in [2.24, 2.45) is 0 Å². The molecule has 0 amide bonds. The van der Waals surface area contributed by atoms with E-state index in [-0.39, 0.29) is 0 Å². The lowest BCUT2D eigenvalue weighted by Crippen LogP contribution is -2.09. The molecule has 0 bridgehead atoms. The van der Waals surface area contributed by atoms with Crippen LogP contribution in [0.5, 0.6) is 0 Å². The van der Waals surface area contributed by atoms with Crippen molar-refractivity contribution < 1.29 is 4.42 Å². The number of nitrogens with zero attached hydrogens (tertiary/aromatic N) is 1. The molecule has 2 nitrogen and oxygen atoms in total. The number of fused-ring (bicyclic) bond motifs is 5. The van der Waals surface area contributed by atoms with E-state index in [1.807, 2.05) is 12.1 Å². The van der Waals surface area contributed by atoms with Crippen LogP contribution in [0.15, 0.2) is 205 Å². The first-order valence-corrected chi connectivity index (χ1v) is 17.8. The summed E-state index contributed by atoms with van der Waals surface area (Å²) in [6.45, 7) is 0. The van der Waals surface area contributed by atoms with Gasteiger partial charge in [-0.3, -0.25) is 0 Å². The summed E-state index contributed by atoms with van der Waals surface area (Å²) >= 11 is 0. The van der Waals surface area contributed by atoms with Crippen molar-refractivity contribution in [3.05, 3.63) is 200 Å². The third-order valence-corrected chi connectivity index (χ3v) is 10.3. The molecule has 0 spiro atoms. The second-order valence-electron chi connectivity index (χ2n) is 13.3. The van der Waals surface area contributed by atoms with Crippen molar-refractivity contribution in [1.29, 1.82) is 0 Å². The Bertz CT molecular complexity index is 2860. The highest BCUT2D eigenvalue weighted by Gasteiger charge is 2.16. The van der Waals surface area contributed by atoms with Crippen LogP contribution in [0.3, 0.4) is 0 Å². The maximum atomic E-state index is 6.29. The topological polar surface area (TPSA) is 16.4 Å². The van der Waals surface area contributed by atoms with E-state index in [9.17, 15) is 0 Å². The monoisotopic (exact) mass is 663 g/mol. The summed E-state index contributed by atoms with van der Waals surface area (Å²) in [4.78, 5) is 2.34. The van der Waals surface area contributed by atoms with Gasteiger partial charge in [0.2, 0.25) is 0 Å². The lowest BCUT2D eigenvalue weighted by Gasteiger charge is -2.26. The van der Waals surface area contributed by atoms with Gasteiger partial charge < -0.3 is 9.32 Å². The van der Waals surface area contributed by atoms with E-state index < -0.39 is 0 Å². The van der Waals surface area contributed by atoms with E-state index in [1.54, 1.807) is 0 Å². The number of hydrogen-bond acceptors (Lipinski definition) is 2. The molecule has 0 radical (unpaired) electrons. The predicted molar refractivity (Wildman–Crippen MR) is 220 cm³/mol. The van der Waals surface area contributed by atoms with Crippen molar-refractivity contribution >= 4 is 60.5 Å². The molecule has 0 saturated carbocycles. The van der Waals surface area contributed by atoms with Crippen molar-refractivity contribution in [3.8, 4) is 33.4 Å². The maximum absolute atomic E-state index is 6.29. The van der Waals surface area contributed by atoms with Crippen molar-refractivity contribution in [1.82, 2.24) is 0 Å². The first-order valence-electron chi connectivity index (χ1n) is 17.8. The standard InChI is InChI=1S/C50H33NO/c1-2-10-34(11-3-1)35-20-26-40(27-21-35)51(41-28-22-37(23-29-41)44-17-8-13-36-12-4-5-15-43(36)44)42-30-24-38(25-31-42)45-18-9-14-39-32-48-46-16-6-7-19-49(46)52-50(48)33-47(39)45/h1-33H. The van der Waals surface area contributed by atoms with Crippen LogP contribution < -0.4 is 4.90 Å². The Kier molecular flexibility index (Phi) is 7.18. The number of hydrogen-bond donors (Lipinski definition) is 0. The van der Waals surface area contributed by atoms with Gasteiger partial charge in [-0.05, 0) is 110 Å². The quantitative estimate of drug-likeness (QED) is 0.176. The highest BCUT2D eigenvalue weighted by Crippen LogP contribution is 2.40. The summed E-state index contributed by atoms with van der Waals surface area (Å²) < 4.78 is 6.29. The third-order valence-electron chi connectivity index (χ3n) is 10.3. The van der Waals surface area contributed by atoms with Crippen LogP contribution in [-0.2, 0) is 0 Å². The average molecular weight is 664 g/mol. The van der Waals surface area contributed by atoms with Gasteiger partial charge in [0.1, 0.15) is 11.2 Å². The smallest absolute Gasteiger partial charge is 0.136 e. The molecular weight excluding hydrogens is 631 g/mol. The molecule has 1 aromatic heterocycles. The van der Waals surface area contributed by atoms with Crippen LogP contribution in [0, 0.1) is 0 Å². The maximum Gasteiger partial charge on any atom is 0.136 e. The second-order valence-corrected chi connectivity index (χ2v) is 13.3. The normalized spacial score (nSPS) is 11.5. The van der Waals surface area contributed by atoms with Gasteiger partial charge in [-0.1, -0.05) is 146 Å². The van der Waals surface area contributed by atoms with E-state index in [0.29, 0.717) is 0 Å². The van der Waals surface area contributed by atoms with Gasteiger partial charge in [0.15, 0.2) is 0 Å². The van der Waals surface area contributed by atoms with Gasteiger partial charge in [0, 0.05) is 27.8 Å². The molecule has 52 heavy (non-hydrogen) atoms. The molecule has 9 aromatic carbocycles. The van der Waals surface area contributed by atoms with Crippen molar-refractivity contribution in [3.63, 3.8) is 0 Å². The summed E-state index contributed by atoms with van der Waals surface area (Å²) in [5, 5.41) is 7.19. The molecule has 10 aromatic rings. The lowest BCUT2D eigenvalue weighted by molar-refractivity contribution is 0.669. The zero-order valence-electron chi connectivity index (χ0n) is 28.4. The van der Waals surface area contributed by atoms with Crippen molar-refractivity contribution in [2.75, 3.05) is 4.90 Å². The molecule has 1 heterocycles. The van der Waals surface area contributed by atoms with Crippen LogP contribution in [0.2, 0.25) is 0 Å². The van der Waals surface area contributed by atoms with E-state index in [1.165, 1.54) is 49.4 Å². The van der Waals surface area contributed by atoms with E-state index in [4.69, 9.17) is 4.42 Å². The van der Waals surface area contributed by atoms with Gasteiger partial charge in [0.05, 0.1) is 0 Å². The summed E-state index contributed by atoms with van der Waals surface area (Å²) in [5.74, 6) is 0. The minimum absolute atomic E-state index is 0.912. The highest BCUT2D eigenvalue weighted by molar-refractivity contribution is 6.12. The fourth-order valence-corrected chi connectivity index (χ4v) is 7.69. The first kappa shape index (κ1) is 30.0. The Hall–Kier alpha value is -6.90. The van der Waals surface area contributed by atoms with Crippen LogP contribution in [-0.4, -0.2) is 0 Å². The van der Waals surface area contributed by atoms with Gasteiger partial charge in [-0.15, -0.1) is 0 Å². The molecule has 10 rings (SSSR count). The van der Waals surface area contributed by atoms with Gasteiger partial charge in [-0.25, -0.2) is 0 Å². The van der Waals surface area contributed by atoms with E-state index >= 15 is 0 Å². The molecule has 0 aliphatic carbocycles. The Morgan fingerprint density at radius 3 is 1.46 bits per heavy atom. The third kappa shape index (κ3) is 5.21. The van der Waals surface area contributed by atoms with Gasteiger partial charge in [-0.2, -0.15) is 0 Å². The Labute approximate surface area is 302 Å². The average Bonchev–Trinajstić information content (AvgIpc) is 3.58. The molecule has 0 aliphatic heterocycles. The number of rotatable bonds is 6. The Morgan fingerprint density at radius 2 is 0.788 bits per heavy atom. The van der Waals surface area contributed by atoms with Crippen LogP contribution in [0.25, 0.3) is 76.9 Å². The fraction of sp³-hybridized carbons (Fsp3) is 0. The Balaban J connectivity index is 1.05.